The van der Waals surface area contributed by atoms with E-state index in [2.05, 4.69) is 32.6 Å². The third kappa shape index (κ3) is 3.63. The Kier molecular flexibility index (Phi) is 5.40. The van der Waals surface area contributed by atoms with Crippen molar-refractivity contribution in [3.8, 4) is 5.75 Å². The van der Waals surface area contributed by atoms with Gasteiger partial charge in [-0.2, -0.15) is 0 Å². The summed E-state index contributed by atoms with van der Waals surface area (Å²) >= 11 is 0. The highest BCUT2D eigenvalue weighted by Crippen LogP contribution is 2.30. The minimum absolute atomic E-state index is 0.339. The van der Waals surface area contributed by atoms with Gasteiger partial charge in [0.1, 0.15) is 17.8 Å². The average Bonchev–Trinajstić information content (AvgIpc) is 2.67. The third-order valence-electron chi connectivity index (χ3n) is 4.58. The Morgan fingerprint density at radius 3 is 2.88 bits per heavy atom. The molecule has 1 saturated heterocycles. The van der Waals surface area contributed by atoms with Crippen LogP contribution in [0.15, 0.2) is 30.6 Å². The van der Waals surface area contributed by atoms with Gasteiger partial charge in [-0.3, -0.25) is 15.6 Å². The number of benzene rings is 1. The predicted molar refractivity (Wildman–Crippen MR) is 101 cm³/mol. The lowest BCUT2D eigenvalue weighted by molar-refractivity contribution is 0.0959. The van der Waals surface area contributed by atoms with Crippen molar-refractivity contribution in [3.05, 3.63) is 36.2 Å². The maximum Gasteiger partial charge on any atom is 0.273 e. The van der Waals surface area contributed by atoms with Gasteiger partial charge >= 0.3 is 0 Å². The molecule has 0 saturated carbocycles. The third-order valence-corrected chi connectivity index (χ3v) is 4.58. The fraction of sp³-hybridized carbons (Fsp3) is 0.389. The molecule has 1 unspecified atom stereocenters. The number of para-hydroxylation sites is 1. The topological polar surface area (TPSA) is 105 Å². The van der Waals surface area contributed by atoms with E-state index in [0.29, 0.717) is 34.7 Å². The van der Waals surface area contributed by atoms with Gasteiger partial charge in [0, 0.05) is 12.6 Å². The molecule has 0 bridgehead atoms. The highest BCUT2D eigenvalue weighted by atomic mass is 16.5. The normalized spacial score (nSPS) is 16.8. The molecule has 1 aromatic heterocycles. The van der Waals surface area contributed by atoms with Crippen LogP contribution in [0.2, 0.25) is 0 Å². The molecule has 0 radical (unpaired) electrons. The number of aromatic nitrogens is 2. The number of ether oxygens (including phenoxy) is 1. The molecule has 1 fully saturated rings. The highest BCUT2D eigenvalue weighted by Gasteiger charge is 2.23. The van der Waals surface area contributed by atoms with Crippen LogP contribution in [0, 0.1) is 0 Å². The van der Waals surface area contributed by atoms with Crippen LogP contribution in [0.1, 0.15) is 36.5 Å². The Hall–Kier alpha value is -3.03. The lowest BCUT2D eigenvalue weighted by Gasteiger charge is -2.35. The molecule has 8 nitrogen and oxygen atoms in total. The molecule has 4 N–H and O–H groups in total. The number of nitrogens with two attached hydrogens (primary N) is 1. The van der Waals surface area contributed by atoms with E-state index in [-0.39, 0.29) is 5.91 Å². The molecule has 138 valence electrons. The SMILES string of the molecule is COc1ccccc1C(=O)NNc1ncnc(N2CCCCC2C)c1N. The Labute approximate surface area is 152 Å². The number of piperidine rings is 1. The van der Waals surface area contributed by atoms with E-state index >= 15 is 0 Å². The van der Waals surface area contributed by atoms with E-state index < -0.39 is 0 Å². The van der Waals surface area contributed by atoms with Crippen molar-refractivity contribution in [2.24, 2.45) is 0 Å². The molecule has 1 aromatic carbocycles. The van der Waals surface area contributed by atoms with Gasteiger partial charge in [0.15, 0.2) is 11.6 Å². The highest BCUT2D eigenvalue weighted by molar-refractivity contribution is 5.97. The molecule has 8 heteroatoms. The molecule has 0 aliphatic carbocycles. The van der Waals surface area contributed by atoms with Crippen LogP contribution in [0.4, 0.5) is 17.3 Å². The molecular weight excluding hydrogens is 332 g/mol. The number of amides is 1. The minimum Gasteiger partial charge on any atom is -0.496 e. The zero-order valence-corrected chi connectivity index (χ0v) is 15.0. The zero-order valence-electron chi connectivity index (χ0n) is 15.0. The summed E-state index contributed by atoms with van der Waals surface area (Å²) in [5.74, 6) is 1.22. The summed E-state index contributed by atoms with van der Waals surface area (Å²) in [5, 5.41) is 0. The van der Waals surface area contributed by atoms with Crippen LogP contribution < -0.4 is 26.2 Å². The Balaban J connectivity index is 1.74. The fourth-order valence-electron chi connectivity index (χ4n) is 3.14. The standard InChI is InChI=1S/C18H24N6O2/c1-12-7-5-6-10-24(12)17-15(19)16(20-11-21-17)22-23-18(25)13-8-3-4-9-14(13)26-2/h3-4,8-9,11-12H,5-7,10,19H2,1-2H3,(H,23,25)(H,20,21,22). The second-order valence-corrected chi connectivity index (χ2v) is 6.28. The predicted octanol–water partition coefficient (Wildman–Crippen LogP) is 2.20. The second kappa shape index (κ2) is 7.90. The van der Waals surface area contributed by atoms with Gasteiger partial charge in [-0.25, -0.2) is 9.97 Å². The lowest BCUT2D eigenvalue weighted by atomic mass is 10.0. The van der Waals surface area contributed by atoms with E-state index in [0.717, 1.165) is 19.4 Å². The summed E-state index contributed by atoms with van der Waals surface area (Å²) in [5.41, 5.74) is 12.5. The molecular formula is C18H24N6O2. The summed E-state index contributed by atoms with van der Waals surface area (Å²) in [6.45, 7) is 3.08. The van der Waals surface area contributed by atoms with Gasteiger partial charge in [0.05, 0.1) is 12.7 Å². The van der Waals surface area contributed by atoms with Crippen LogP contribution in [0.5, 0.6) is 5.75 Å². The van der Waals surface area contributed by atoms with Crippen molar-refractivity contribution in [1.29, 1.82) is 0 Å². The number of hydrogen-bond donors (Lipinski definition) is 3. The number of rotatable bonds is 5. The van der Waals surface area contributed by atoms with Gasteiger partial charge < -0.3 is 15.4 Å². The first kappa shape index (κ1) is 17.8. The summed E-state index contributed by atoms with van der Waals surface area (Å²) in [7, 11) is 1.52. The maximum atomic E-state index is 12.4. The van der Waals surface area contributed by atoms with Gasteiger partial charge in [-0.05, 0) is 38.3 Å². The molecule has 26 heavy (non-hydrogen) atoms. The number of hydrazine groups is 1. The number of nitrogens with zero attached hydrogens (tertiary/aromatic N) is 3. The van der Waals surface area contributed by atoms with Crippen LogP contribution in [-0.2, 0) is 0 Å². The Bertz CT molecular complexity index is 782. The van der Waals surface area contributed by atoms with Crippen LogP contribution in [-0.4, -0.2) is 35.6 Å². The van der Waals surface area contributed by atoms with Gasteiger partial charge in [-0.15, -0.1) is 0 Å². The number of anilines is 3. The number of nitrogens with one attached hydrogen (secondary N) is 2. The maximum absolute atomic E-state index is 12.4. The van der Waals surface area contributed by atoms with Crippen molar-refractivity contribution in [1.82, 2.24) is 15.4 Å². The summed E-state index contributed by atoms with van der Waals surface area (Å²) in [4.78, 5) is 23.1. The van der Waals surface area contributed by atoms with E-state index in [1.54, 1.807) is 24.3 Å². The van der Waals surface area contributed by atoms with E-state index in [1.165, 1.54) is 19.9 Å². The van der Waals surface area contributed by atoms with Crippen molar-refractivity contribution in [3.63, 3.8) is 0 Å². The Morgan fingerprint density at radius 1 is 1.31 bits per heavy atom. The molecule has 1 aliphatic rings. The number of hydrogen-bond acceptors (Lipinski definition) is 7. The molecule has 1 amide bonds. The van der Waals surface area contributed by atoms with Crippen LogP contribution >= 0.6 is 0 Å². The summed E-state index contributed by atoms with van der Waals surface area (Å²) in [6.07, 6.45) is 4.88. The van der Waals surface area contributed by atoms with Gasteiger partial charge in [0.2, 0.25) is 0 Å². The van der Waals surface area contributed by atoms with Gasteiger partial charge in [0.25, 0.3) is 5.91 Å². The number of carbonyl (C=O) groups is 1. The molecule has 1 atom stereocenters. The molecule has 2 heterocycles. The monoisotopic (exact) mass is 356 g/mol. The first-order valence-corrected chi connectivity index (χ1v) is 8.68. The van der Waals surface area contributed by atoms with Crippen molar-refractivity contribution < 1.29 is 9.53 Å². The second-order valence-electron chi connectivity index (χ2n) is 6.28. The molecule has 3 rings (SSSR count). The summed E-state index contributed by atoms with van der Waals surface area (Å²) in [6, 6.07) is 7.35. The molecule has 1 aliphatic heterocycles. The number of carbonyl (C=O) groups excluding carboxylic acids is 1. The van der Waals surface area contributed by atoms with E-state index in [1.807, 2.05) is 0 Å². The van der Waals surface area contributed by atoms with E-state index in [4.69, 9.17) is 10.5 Å². The van der Waals surface area contributed by atoms with Crippen molar-refractivity contribution >= 4 is 23.2 Å². The summed E-state index contributed by atoms with van der Waals surface area (Å²) < 4.78 is 5.21. The smallest absolute Gasteiger partial charge is 0.273 e. The van der Waals surface area contributed by atoms with Crippen LogP contribution in [0.25, 0.3) is 0 Å². The van der Waals surface area contributed by atoms with Gasteiger partial charge in [-0.1, -0.05) is 12.1 Å². The van der Waals surface area contributed by atoms with Crippen molar-refractivity contribution in [2.45, 2.75) is 32.2 Å². The first-order chi connectivity index (χ1) is 12.6. The quantitative estimate of drug-likeness (QED) is 0.705. The Morgan fingerprint density at radius 2 is 2.12 bits per heavy atom. The average molecular weight is 356 g/mol. The zero-order chi connectivity index (χ0) is 18.5. The van der Waals surface area contributed by atoms with E-state index in [9.17, 15) is 4.79 Å². The molecule has 0 spiro atoms. The first-order valence-electron chi connectivity index (χ1n) is 8.68. The van der Waals surface area contributed by atoms with Crippen LogP contribution in [0.3, 0.4) is 0 Å². The minimum atomic E-state index is -0.339. The number of methoxy groups -OCH3 is 1. The number of nitrogen functional groups attached to an aromatic ring is 1. The largest absolute Gasteiger partial charge is 0.496 e. The van der Waals surface area contributed by atoms with Crippen molar-refractivity contribution in [2.75, 3.05) is 29.7 Å². The lowest BCUT2D eigenvalue weighted by Crippen LogP contribution is -2.39. The molecule has 2 aromatic rings. The fourth-order valence-corrected chi connectivity index (χ4v) is 3.14.